The number of aromatic nitrogens is 3. The van der Waals surface area contributed by atoms with E-state index in [2.05, 4.69) is 48.5 Å². The Kier molecular flexibility index (Phi) is 4.37. The first-order valence-corrected chi connectivity index (χ1v) is 6.89. The van der Waals surface area contributed by atoms with Gasteiger partial charge in [-0.05, 0) is 23.1 Å². The van der Waals surface area contributed by atoms with Crippen molar-refractivity contribution in [2.24, 2.45) is 5.73 Å². The van der Waals surface area contributed by atoms with Crippen molar-refractivity contribution in [3.8, 4) is 5.69 Å². The summed E-state index contributed by atoms with van der Waals surface area (Å²) in [4.78, 5) is 11.1. The monoisotopic (exact) mass is 287 g/mol. The SMILES string of the molecule is CC(C)(C)c1ccc(-n2cc(CNC(=O)CN)nn2)cc1. The highest BCUT2D eigenvalue weighted by Crippen LogP contribution is 2.22. The van der Waals surface area contributed by atoms with Crippen molar-refractivity contribution in [3.05, 3.63) is 41.7 Å². The van der Waals surface area contributed by atoms with Gasteiger partial charge in [-0.15, -0.1) is 5.10 Å². The van der Waals surface area contributed by atoms with E-state index in [1.54, 1.807) is 10.9 Å². The number of nitrogens with one attached hydrogen (secondary N) is 1. The van der Waals surface area contributed by atoms with Crippen LogP contribution in [0.4, 0.5) is 0 Å². The molecule has 0 unspecified atom stereocenters. The number of amides is 1. The molecule has 112 valence electrons. The molecule has 0 saturated carbocycles. The first kappa shape index (κ1) is 15.2. The molecule has 0 atom stereocenters. The van der Waals surface area contributed by atoms with Crippen LogP contribution in [0, 0.1) is 0 Å². The lowest BCUT2D eigenvalue weighted by molar-refractivity contribution is -0.119. The maximum Gasteiger partial charge on any atom is 0.234 e. The summed E-state index contributed by atoms with van der Waals surface area (Å²) in [6.07, 6.45) is 1.79. The number of nitrogens with zero attached hydrogens (tertiary/aromatic N) is 3. The fourth-order valence-corrected chi connectivity index (χ4v) is 1.88. The van der Waals surface area contributed by atoms with Crippen molar-refractivity contribution in [1.29, 1.82) is 0 Å². The number of nitrogens with two attached hydrogens (primary N) is 1. The molecule has 21 heavy (non-hydrogen) atoms. The minimum atomic E-state index is -0.209. The molecule has 0 aliphatic heterocycles. The van der Waals surface area contributed by atoms with Crippen molar-refractivity contribution in [2.45, 2.75) is 32.7 Å². The second-order valence-electron chi connectivity index (χ2n) is 5.93. The molecule has 1 heterocycles. The van der Waals surface area contributed by atoms with Gasteiger partial charge in [0.25, 0.3) is 0 Å². The molecule has 2 rings (SSSR count). The van der Waals surface area contributed by atoms with Crippen molar-refractivity contribution < 1.29 is 4.79 Å². The number of benzene rings is 1. The summed E-state index contributed by atoms with van der Waals surface area (Å²) in [6, 6.07) is 8.20. The molecular formula is C15H21N5O. The van der Waals surface area contributed by atoms with Crippen LogP contribution in [-0.2, 0) is 16.8 Å². The van der Waals surface area contributed by atoms with E-state index in [1.165, 1.54) is 5.56 Å². The van der Waals surface area contributed by atoms with E-state index in [0.717, 1.165) is 5.69 Å². The lowest BCUT2D eigenvalue weighted by Gasteiger charge is -2.18. The molecule has 0 saturated heterocycles. The molecular weight excluding hydrogens is 266 g/mol. The third-order valence-corrected chi connectivity index (χ3v) is 3.19. The van der Waals surface area contributed by atoms with Crippen molar-refractivity contribution in [2.75, 3.05) is 6.54 Å². The van der Waals surface area contributed by atoms with Gasteiger partial charge in [0.1, 0.15) is 5.69 Å². The summed E-state index contributed by atoms with van der Waals surface area (Å²) in [6.45, 7) is 6.83. The average molecular weight is 287 g/mol. The second-order valence-corrected chi connectivity index (χ2v) is 5.93. The molecule has 0 spiro atoms. The zero-order valence-electron chi connectivity index (χ0n) is 12.6. The van der Waals surface area contributed by atoms with Crippen LogP contribution in [0.15, 0.2) is 30.5 Å². The molecule has 1 aromatic carbocycles. The standard InChI is InChI=1S/C15H21N5O/c1-15(2,3)11-4-6-13(7-5-11)20-10-12(18-19-20)9-17-14(21)8-16/h4-7,10H,8-9,16H2,1-3H3,(H,17,21). The Labute approximate surface area is 124 Å². The molecule has 2 aromatic rings. The predicted octanol–water partition coefficient (Wildman–Crippen LogP) is 1.14. The maximum absolute atomic E-state index is 11.1. The van der Waals surface area contributed by atoms with Crippen molar-refractivity contribution in [3.63, 3.8) is 0 Å². The number of rotatable bonds is 4. The zero-order chi connectivity index (χ0) is 15.5. The normalized spacial score (nSPS) is 11.4. The molecule has 0 aliphatic rings. The van der Waals surface area contributed by atoms with Gasteiger partial charge < -0.3 is 11.1 Å². The van der Waals surface area contributed by atoms with Crippen LogP contribution in [0.25, 0.3) is 5.69 Å². The van der Waals surface area contributed by atoms with Gasteiger partial charge in [-0.25, -0.2) is 4.68 Å². The summed E-state index contributed by atoms with van der Waals surface area (Å²) in [7, 11) is 0. The highest BCUT2D eigenvalue weighted by molar-refractivity contribution is 5.77. The van der Waals surface area contributed by atoms with Crippen molar-refractivity contribution in [1.82, 2.24) is 20.3 Å². The fourth-order valence-electron chi connectivity index (χ4n) is 1.88. The highest BCUT2D eigenvalue weighted by Gasteiger charge is 2.13. The lowest BCUT2D eigenvalue weighted by Crippen LogP contribution is -2.29. The number of carbonyl (C=O) groups is 1. The topological polar surface area (TPSA) is 85.8 Å². The molecule has 3 N–H and O–H groups in total. The summed E-state index contributed by atoms with van der Waals surface area (Å²) >= 11 is 0. The largest absolute Gasteiger partial charge is 0.349 e. The quantitative estimate of drug-likeness (QED) is 0.883. The lowest BCUT2D eigenvalue weighted by atomic mass is 9.87. The number of hydrogen-bond donors (Lipinski definition) is 2. The summed E-state index contributed by atoms with van der Waals surface area (Å²) in [5.74, 6) is -0.209. The molecule has 0 fully saturated rings. The predicted molar refractivity (Wildman–Crippen MR) is 81.0 cm³/mol. The molecule has 1 amide bonds. The average Bonchev–Trinajstić information content (AvgIpc) is 2.93. The summed E-state index contributed by atoms with van der Waals surface area (Å²) < 4.78 is 1.69. The first-order chi connectivity index (χ1) is 9.90. The Hall–Kier alpha value is -2.21. The van der Waals surface area contributed by atoms with E-state index in [1.807, 2.05) is 12.1 Å². The Morgan fingerprint density at radius 1 is 1.29 bits per heavy atom. The van der Waals surface area contributed by atoms with Crippen molar-refractivity contribution >= 4 is 5.91 Å². The van der Waals surface area contributed by atoms with Gasteiger partial charge in [-0.3, -0.25) is 4.79 Å². The minimum absolute atomic E-state index is 0.0254. The van der Waals surface area contributed by atoms with E-state index >= 15 is 0 Å². The van der Waals surface area contributed by atoms with Crippen LogP contribution in [0.1, 0.15) is 32.0 Å². The summed E-state index contributed by atoms with van der Waals surface area (Å²) in [5, 5.41) is 10.8. The highest BCUT2D eigenvalue weighted by atomic mass is 16.1. The number of carbonyl (C=O) groups excluding carboxylic acids is 1. The Balaban J connectivity index is 2.09. The first-order valence-electron chi connectivity index (χ1n) is 6.89. The van der Waals surface area contributed by atoms with Crippen LogP contribution in [-0.4, -0.2) is 27.4 Å². The van der Waals surface area contributed by atoms with Gasteiger partial charge in [-0.2, -0.15) is 0 Å². The summed E-state index contributed by atoms with van der Waals surface area (Å²) in [5.41, 5.74) is 8.25. The molecule has 0 aliphatic carbocycles. The van der Waals surface area contributed by atoms with Gasteiger partial charge >= 0.3 is 0 Å². The molecule has 1 aromatic heterocycles. The third-order valence-electron chi connectivity index (χ3n) is 3.19. The van der Waals surface area contributed by atoms with E-state index in [0.29, 0.717) is 12.2 Å². The van der Waals surface area contributed by atoms with Crippen LogP contribution in [0.2, 0.25) is 0 Å². The van der Waals surface area contributed by atoms with E-state index < -0.39 is 0 Å². The smallest absolute Gasteiger partial charge is 0.234 e. The molecule has 6 heteroatoms. The van der Waals surface area contributed by atoms with Gasteiger partial charge in [-0.1, -0.05) is 38.1 Å². The van der Waals surface area contributed by atoms with Gasteiger partial charge in [0.2, 0.25) is 5.91 Å². The fraction of sp³-hybridized carbons (Fsp3) is 0.400. The minimum Gasteiger partial charge on any atom is -0.349 e. The maximum atomic E-state index is 11.1. The Morgan fingerprint density at radius 3 is 2.52 bits per heavy atom. The Bertz CT molecular complexity index is 610. The van der Waals surface area contributed by atoms with Gasteiger partial charge in [0.05, 0.1) is 25.0 Å². The van der Waals surface area contributed by atoms with Crippen LogP contribution < -0.4 is 11.1 Å². The number of hydrogen-bond acceptors (Lipinski definition) is 4. The van der Waals surface area contributed by atoms with E-state index in [-0.39, 0.29) is 17.9 Å². The molecule has 0 radical (unpaired) electrons. The van der Waals surface area contributed by atoms with Gasteiger partial charge in [0, 0.05) is 0 Å². The third kappa shape index (κ3) is 3.88. The van der Waals surface area contributed by atoms with E-state index in [4.69, 9.17) is 5.73 Å². The van der Waals surface area contributed by atoms with Crippen LogP contribution in [0.5, 0.6) is 0 Å². The molecule has 6 nitrogen and oxygen atoms in total. The Morgan fingerprint density at radius 2 is 1.95 bits per heavy atom. The van der Waals surface area contributed by atoms with Crippen LogP contribution in [0.3, 0.4) is 0 Å². The molecule has 0 bridgehead atoms. The van der Waals surface area contributed by atoms with Gasteiger partial charge in [0.15, 0.2) is 0 Å². The van der Waals surface area contributed by atoms with Crippen LogP contribution >= 0.6 is 0 Å². The second kappa shape index (κ2) is 6.05. The van der Waals surface area contributed by atoms with E-state index in [9.17, 15) is 4.79 Å². The zero-order valence-corrected chi connectivity index (χ0v) is 12.6.